The van der Waals surface area contributed by atoms with Gasteiger partial charge >= 0.3 is 0 Å². The van der Waals surface area contributed by atoms with E-state index in [0.29, 0.717) is 11.4 Å². The molecule has 1 unspecified atom stereocenters. The minimum absolute atomic E-state index is 0.0577. The van der Waals surface area contributed by atoms with Crippen molar-refractivity contribution in [1.82, 2.24) is 19.7 Å². The lowest BCUT2D eigenvalue weighted by atomic mass is 10.1. The molecule has 1 aliphatic heterocycles. The second-order valence-corrected chi connectivity index (χ2v) is 9.50. The lowest BCUT2D eigenvalue weighted by Crippen LogP contribution is -2.48. The van der Waals surface area contributed by atoms with Crippen molar-refractivity contribution in [3.63, 3.8) is 0 Å². The van der Waals surface area contributed by atoms with Gasteiger partial charge in [0.1, 0.15) is 16.6 Å². The van der Waals surface area contributed by atoms with Gasteiger partial charge < -0.3 is 19.3 Å². The first-order valence-corrected chi connectivity index (χ1v) is 11.8. The number of pyridine rings is 1. The van der Waals surface area contributed by atoms with Crippen LogP contribution in [-0.4, -0.2) is 56.3 Å². The van der Waals surface area contributed by atoms with Crippen LogP contribution in [-0.2, 0) is 11.2 Å². The number of halogens is 2. The Morgan fingerprint density at radius 2 is 2.09 bits per heavy atom. The van der Waals surface area contributed by atoms with Gasteiger partial charge in [0.15, 0.2) is 16.5 Å². The molecule has 1 aliphatic rings. The summed E-state index contributed by atoms with van der Waals surface area (Å²) in [5, 5.41) is 19.0. The Bertz CT molecular complexity index is 1300. The Hall–Kier alpha value is -2.83. The van der Waals surface area contributed by atoms with E-state index < -0.39 is 28.7 Å². The molecular formula is C22H22F2N4O4S2. The number of carbonyl (C=O) groups excluding carboxylic acids is 1. The summed E-state index contributed by atoms with van der Waals surface area (Å²) in [5.74, 6) is -2.58. The third-order valence-corrected chi connectivity index (χ3v) is 7.21. The van der Waals surface area contributed by atoms with E-state index in [4.69, 9.17) is 4.74 Å². The average Bonchev–Trinajstić information content (AvgIpc) is 3.27. The van der Waals surface area contributed by atoms with Gasteiger partial charge in [0.25, 0.3) is 5.91 Å². The smallest absolute Gasteiger partial charge is 0.275 e. The number of methoxy groups -OCH3 is 1. The number of fused-ring (bicyclic) bond motifs is 1. The molecule has 3 aromatic rings. The van der Waals surface area contributed by atoms with Gasteiger partial charge in [0, 0.05) is 32.3 Å². The van der Waals surface area contributed by atoms with Crippen LogP contribution in [0.3, 0.4) is 0 Å². The summed E-state index contributed by atoms with van der Waals surface area (Å²) >= 11 is 5.50. The van der Waals surface area contributed by atoms with Crippen molar-refractivity contribution >= 4 is 29.9 Å². The van der Waals surface area contributed by atoms with E-state index >= 15 is 0 Å². The molecule has 0 spiro atoms. The Morgan fingerprint density at radius 3 is 2.76 bits per heavy atom. The number of hydrogen-bond donors (Lipinski definition) is 2. The monoisotopic (exact) mass is 508 g/mol. The fourth-order valence-electron chi connectivity index (χ4n) is 3.87. The van der Waals surface area contributed by atoms with Gasteiger partial charge in [-0.1, -0.05) is 24.3 Å². The topological polar surface area (TPSA) is 97.6 Å². The van der Waals surface area contributed by atoms with Crippen LogP contribution < -0.4 is 5.43 Å². The molecule has 0 bridgehead atoms. The van der Waals surface area contributed by atoms with Gasteiger partial charge in [0.05, 0.1) is 23.6 Å². The number of aromatic hydroxyl groups is 1. The first-order valence-electron chi connectivity index (χ1n) is 10.5. The van der Waals surface area contributed by atoms with E-state index in [0.717, 1.165) is 23.5 Å². The van der Waals surface area contributed by atoms with E-state index in [1.807, 2.05) is 6.92 Å². The van der Waals surface area contributed by atoms with Crippen molar-refractivity contribution in [2.45, 2.75) is 31.2 Å². The highest BCUT2D eigenvalue weighted by molar-refractivity contribution is 7.80. The Kier molecular flexibility index (Phi) is 7.01. The molecule has 0 aliphatic carbocycles. The number of hydrogen-bond acceptors (Lipinski definition) is 8. The van der Waals surface area contributed by atoms with Crippen molar-refractivity contribution in [3.8, 4) is 16.3 Å². The van der Waals surface area contributed by atoms with E-state index in [2.05, 4.69) is 22.8 Å². The summed E-state index contributed by atoms with van der Waals surface area (Å²) in [6.45, 7) is 2.40. The van der Waals surface area contributed by atoms with Crippen LogP contribution in [0.25, 0.3) is 10.6 Å². The molecule has 8 nitrogen and oxygen atoms in total. The molecule has 12 heteroatoms. The molecule has 1 amide bonds. The maximum absolute atomic E-state index is 14.0. The van der Waals surface area contributed by atoms with Gasteiger partial charge in [0.2, 0.25) is 5.43 Å². The third-order valence-electron chi connectivity index (χ3n) is 5.61. The Balaban J connectivity index is 1.74. The van der Waals surface area contributed by atoms with Crippen molar-refractivity contribution in [1.29, 1.82) is 0 Å². The van der Waals surface area contributed by atoms with Crippen LogP contribution in [0.1, 0.15) is 40.4 Å². The van der Waals surface area contributed by atoms with Crippen molar-refractivity contribution in [3.05, 3.63) is 62.5 Å². The molecule has 180 valence electrons. The van der Waals surface area contributed by atoms with Crippen LogP contribution in [0.5, 0.6) is 5.75 Å². The molecule has 34 heavy (non-hydrogen) atoms. The van der Waals surface area contributed by atoms with Crippen LogP contribution in [0.4, 0.5) is 8.78 Å². The SMILES string of the molecule is CCC(S)N1C[C@H](COC)n2cc(-c3nnc(Cc4ccc(F)cc4F)s3)c(=O)c(O)c2C1=O. The number of aromatic nitrogens is 3. The van der Waals surface area contributed by atoms with Gasteiger partial charge in [-0.05, 0) is 18.1 Å². The lowest BCUT2D eigenvalue weighted by Gasteiger charge is -2.38. The minimum Gasteiger partial charge on any atom is -0.503 e. The zero-order chi connectivity index (χ0) is 24.6. The molecule has 0 fully saturated rings. The number of rotatable bonds is 7. The predicted molar refractivity (Wildman–Crippen MR) is 125 cm³/mol. The zero-order valence-electron chi connectivity index (χ0n) is 18.4. The molecule has 4 rings (SSSR count). The number of ether oxygens (including phenoxy) is 1. The van der Waals surface area contributed by atoms with E-state index in [-0.39, 0.29) is 52.8 Å². The molecule has 0 saturated heterocycles. The summed E-state index contributed by atoms with van der Waals surface area (Å²) in [6, 6.07) is 2.89. The van der Waals surface area contributed by atoms with Crippen LogP contribution >= 0.6 is 24.0 Å². The number of benzene rings is 1. The highest BCUT2D eigenvalue weighted by atomic mass is 32.1. The fourth-order valence-corrected chi connectivity index (χ4v) is 4.94. The molecule has 2 atom stereocenters. The minimum atomic E-state index is -0.763. The number of carbonyl (C=O) groups is 1. The average molecular weight is 509 g/mol. The summed E-state index contributed by atoms with van der Waals surface area (Å²) in [7, 11) is 1.52. The summed E-state index contributed by atoms with van der Waals surface area (Å²) in [6.07, 6.45) is 2.11. The lowest BCUT2D eigenvalue weighted by molar-refractivity contribution is 0.0553. The van der Waals surface area contributed by atoms with Crippen LogP contribution in [0, 0.1) is 11.6 Å². The van der Waals surface area contributed by atoms with Gasteiger partial charge in [-0.3, -0.25) is 9.59 Å². The first kappa shape index (κ1) is 24.3. The molecule has 1 aromatic carbocycles. The summed E-state index contributed by atoms with van der Waals surface area (Å²) in [4.78, 5) is 27.6. The molecule has 0 saturated carbocycles. The fraction of sp³-hybridized carbons (Fsp3) is 0.364. The standard InChI is InChI=1S/C22H22F2N4O4S2/c1-3-17(33)28-8-13(10-32-2)27-9-14(19(29)20(30)18(27)22(28)31)21-26-25-16(34-21)6-11-4-5-12(23)7-15(11)24/h4-5,7,9,13,17,30,33H,3,6,8,10H2,1-2H3/t13-,17?/m1/s1. The van der Waals surface area contributed by atoms with E-state index in [1.54, 1.807) is 0 Å². The predicted octanol–water partition coefficient (Wildman–Crippen LogP) is 3.25. The van der Waals surface area contributed by atoms with Gasteiger partial charge in [-0.15, -0.1) is 10.2 Å². The highest BCUT2D eigenvalue weighted by Crippen LogP contribution is 2.32. The van der Waals surface area contributed by atoms with E-state index in [9.17, 15) is 23.5 Å². The van der Waals surface area contributed by atoms with Gasteiger partial charge in [-0.2, -0.15) is 12.6 Å². The van der Waals surface area contributed by atoms with E-state index in [1.165, 1.54) is 28.8 Å². The first-order chi connectivity index (χ1) is 16.2. The van der Waals surface area contributed by atoms with Crippen molar-refractivity contribution in [2.24, 2.45) is 0 Å². The maximum Gasteiger partial charge on any atom is 0.275 e. The number of amides is 1. The zero-order valence-corrected chi connectivity index (χ0v) is 20.1. The molecule has 1 N–H and O–H groups in total. The molecule has 0 radical (unpaired) electrons. The largest absolute Gasteiger partial charge is 0.503 e. The number of nitrogens with zero attached hydrogens (tertiary/aromatic N) is 4. The third kappa shape index (κ3) is 4.44. The Morgan fingerprint density at radius 1 is 1.32 bits per heavy atom. The van der Waals surface area contributed by atoms with Crippen LogP contribution in [0.15, 0.2) is 29.2 Å². The molecule has 3 heterocycles. The van der Waals surface area contributed by atoms with Crippen molar-refractivity contribution in [2.75, 3.05) is 20.3 Å². The van der Waals surface area contributed by atoms with Gasteiger partial charge in [-0.25, -0.2) is 8.78 Å². The summed E-state index contributed by atoms with van der Waals surface area (Å²) < 4.78 is 34.0. The molecular weight excluding hydrogens is 486 g/mol. The normalized spacial score (nSPS) is 16.6. The second kappa shape index (κ2) is 9.80. The second-order valence-electron chi connectivity index (χ2n) is 7.85. The molecule has 2 aromatic heterocycles. The quantitative estimate of drug-likeness (QED) is 0.476. The highest BCUT2D eigenvalue weighted by Gasteiger charge is 2.37. The van der Waals surface area contributed by atoms with Crippen molar-refractivity contribution < 1.29 is 23.4 Å². The van der Waals surface area contributed by atoms with Crippen LogP contribution in [0.2, 0.25) is 0 Å². The summed E-state index contributed by atoms with van der Waals surface area (Å²) in [5.41, 5.74) is -0.602. The number of thiol groups is 1. The Labute approximate surface area is 203 Å². The maximum atomic E-state index is 14.0.